The number of aromatic hydroxyl groups is 1. The Bertz CT molecular complexity index is 909. The second-order valence-electron chi connectivity index (χ2n) is 12.1. The van der Waals surface area contributed by atoms with E-state index in [4.69, 9.17) is 4.74 Å². The number of ether oxygens (including phenoxy) is 1. The van der Waals surface area contributed by atoms with Gasteiger partial charge in [-0.3, -0.25) is 9.59 Å². The highest BCUT2D eigenvalue weighted by atomic mass is 16.6. The summed E-state index contributed by atoms with van der Waals surface area (Å²) in [6, 6.07) is 4.17. The third kappa shape index (κ3) is 10.9. The van der Waals surface area contributed by atoms with Gasteiger partial charge in [0, 0.05) is 12.1 Å². The molecular weight excluding hydrogens is 482 g/mol. The normalized spacial score (nSPS) is 14.9. The fourth-order valence-corrected chi connectivity index (χ4v) is 4.38. The minimum absolute atomic E-state index is 0.0106. The average molecular weight is 534 g/mol. The maximum atomic E-state index is 14.3. The minimum Gasteiger partial charge on any atom is -0.508 e. The van der Waals surface area contributed by atoms with Gasteiger partial charge >= 0.3 is 6.09 Å². The van der Waals surface area contributed by atoms with E-state index in [1.165, 1.54) is 12.1 Å². The van der Waals surface area contributed by atoms with E-state index in [9.17, 15) is 19.5 Å². The van der Waals surface area contributed by atoms with Gasteiger partial charge in [0.2, 0.25) is 11.8 Å². The van der Waals surface area contributed by atoms with Crippen molar-refractivity contribution >= 4 is 17.9 Å². The van der Waals surface area contributed by atoms with Crippen LogP contribution in [0.15, 0.2) is 24.3 Å². The topological polar surface area (TPSA) is 108 Å². The Balaban J connectivity index is 3.61. The summed E-state index contributed by atoms with van der Waals surface area (Å²) in [5.74, 6) is -0.527. The number of rotatable bonds is 13. The van der Waals surface area contributed by atoms with Crippen molar-refractivity contribution in [1.82, 2.24) is 15.5 Å². The van der Waals surface area contributed by atoms with Crippen molar-refractivity contribution in [2.24, 2.45) is 11.8 Å². The zero-order valence-corrected chi connectivity index (χ0v) is 25.1. The molecule has 8 nitrogen and oxygen atoms in total. The number of hydrogen-bond acceptors (Lipinski definition) is 5. The van der Waals surface area contributed by atoms with Crippen LogP contribution >= 0.6 is 0 Å². The molecule has 3 amide bonds. The van der Waals surface area contributed by atoms with E-state index in [0.29, 0.717) is 17.9 Å². The number of carbonyl (C=O) groups is 3. The smallest absolute Gasteiger partial charge is 0.408 e. The number of carbonyl (C=O) groups excluding carboxylic acids is 3. The number of amides is 3. The first-order valence-corrected chi connectivity index (χ1v) is 14.0. The fraction of sp³-hybridized carbons (Fsp3) is 0.700. The maximum Gasteiger partial charge on any atom is 0.408 e. The molecule has 0 fully saturated rings. The Labute approximate surface area is 229 Å². The summed E-state index contributed by atoms with van der Waals surface area (Å²) in [7, 11) is 0. The van der Waals surface area contributed by atoms with Gasteiger partial charge in [-0.15, -0.1) is 0 Å². The van der Waals surface area contributed by atoms with E-state index in [1.807, 2.05) is 27.7 Å². The van der Waals surface area contributed by atoms with Crippen molar-refractivity contribution in [2.75, 3.05) is 0 Å². The first kappa shape index (κ1) is 33.3. The van der Waals surface area contributed by atoms with E-state index in [0.717, 1.165) is 19.3 Å². The van der Waals surface area contributed by atoms with Gasteiger partial charge in [0.15, 0.2) is 0 Å². The zero-order valence-electron chi connectivity index (χ0n) is 25.1. The Hall–Kier alpha value is -2.77. The highest BCUT2D eigenvalue weighted by Gasteiger charge is 2.40. The van der Waals surface area contributed by atoms with Crippen LogP contribution in [0, 0.1) is 11.8 Å². The van der Waals surface area contributed by atoms with Crippen LogP contribution in [-0.4, -0.2) is 51.6 Å². The zero-order chi connectivity index (χ0) is 29.2. The third-order valence-electron chi connectivity index (χ3n) is 6.32. The summed E-state index contributed by atoms with van der Waals surface area (Å²) in [4.78, 5) is 42.4. The molecule has 38 heavy (non-hydrogen) atoms. The van der Waals surface area contributed by atoms with Crippen molar-refractivity contribution in [3.05, 3.63) is 29.8 Å². The summed E-state index contributed by atoms with van der Waals surface area (Å²) in [6.07, 6.45) is 2.55. The molecule has 3 N–H and O–H groups in total. The number of nitrogens with one attached hydrogen (secondary N) is 2. The number of nitrogens with zero attached hydrogens (tertiary/aromatic N) is 1. The van der Waals surface area contributed by atoms with Crippen LogP contribution in [0.2, 0.25) is 0 Å². The summed E-state index contributed by atoms with van der Waals surface area (Å²) in [5.41, 5.74) is -0.214. The molecule has 0 saturated heterocycles. The fourth-order valence-electron chi connectivity index (χ4n) is 4.38. The molecule has 4 unspecified atom stereocenters. The second kappa shape index (κ2) is 15.0. The molecule has 0 aliphatic heterocycles. The Morgan fingerprint density at radius 1 is 0.974 bits per heavy atom. The molecule has 0 aliphatic carbocycles. The highest BCUT2D eigenvalue weighted by Crippen LogP contribution is 2.30. The lowest BCUT2D eigenvalue weighted by atomic mass is 9.94. The first-order valence-electron chi connectivity index (χ1n) is 14.0. The molecule has 4 atom stereocenters. The first-order chi connectivity index (χ1) is 17.6. The number of phenolic OH excluding ortho intramolecular Hbond substituents is 1. The van der Waals surface area contributed by atoms with Crippen molar-refractivity contribution in [3.63, 3.8) is 0 Å². The molecule has 1 aromatic rings. The standard InChI is InChI=1S/C30H51N3O5/c1-11-13-21(6)31-27(35)26(23-14-12-15-24(34)18-23)33(22(7)17-16-19(2)3)28(36)25(20(4)5)32-29(37)38-30(8,9)10/h12,14-15,18-22,25-26,34H,11,13,16-17H2,1-10H3,(H,31,35)(H,32,37). The lowest BCUT2D eigenvalue weighted by Gasteiger charge is -2.40. The van der Waals surface area contributed by atoms with E-state index in [1.54, 1.807) is 37.8 Å². The Kier molecular flexibility index (Phi) is 13.1. The predicted octanol–water partition coefficient (Wildman–Crippen LogP) is 5.94. The quantitative estimate of drug-likeness (QED) is 0.291. The monoisotopic (exact) mass is 533 g/mol. The lowest BCUT2D eigenvalue weighted by molar-refractivity contribution is -0.146. The number of phenols is 1. The Morgan fingerprint density at radius 3 is 2.11 bits per heavy atom. The maximum absolute atomic E-state index is 14.3. The highest BCUT2D eigenvalue weighted by molar-refractivity contribution is 5.92. The average Bonchev–Trinajstić information content (AvgIpc) is 2.77. The van der Waals surface area contributed by atoms with Crippen LogP contribution < -0.4 is 10.6 Å². The van der Waals surface area contributed by atoms with Crippen molar-refractivity contribution in [2.45, 2.75) is 125 Å². The number of alkyl carbamates (subject to hydrolysis) is 1. The van der Waals surface area contributed by atoms with Gasteiger partial charge in [0.25, 0.3) is 0 Å². The molecular formula is C30H51N3O5. The molecule has 0 radical (unpaired) electrons. The summed E-state index contributed by atoms with van der Waals surface area (Å²) < 4.78 is 5.44. The lowest BCUT2D eigenvalue weighted by Crippen LogP contribution is -2.57. The Morgan fingerprint density at radius 2 is 1.61 bits per heavy atom. The van der Waals surface area contributed by atoms with Crippen LogP contribution in [0.5, 0.6) is 5.75 Å². The number of hydrogen-bond donors (Lipinski definition) is 3. The van der Waals surface area contributed by atoms with E-state index < -0.39 is 23.8 Å². The van der Waals surface area contributed by atoms with E-state index in [2.05, 4.69) is 31.4 Å². The number of benzene rings is 1. The molecule has 0 aliphatic rings. The van der Waals surface area contributed by atoms with E-state index >= 15 is 0 Å². The molecule has 216 valence electrons. The molecule has 0 spiro atoms. The van der Waals surface area contributed by atoms with Crippen LogP contribution in [0.4, 0.5) is 4.79 Å². The SMILES string of the molecule is CCCC(C)NC(=O)C(c1cccc(O)c1)N(C(=O)C(NC(=O)OC(C)(C)C)C(C)C)C(C)CCC(C)C. The summed E-state index contributed by atoms with van der Waals surface area (Å²) in [5, 5.41) is 16.1. The van der Waals surface area contributed by atoms with Gasteiger partial charge < -0.3 is 25.4 Å². The molecule has 0 bridgehead atoms. The van der Waals surface area contributed by atoms with E-state index in [-0.39, 0.29) is 35.6 Å². The summed E-state index contributed by atoms with van der Waals surface area (Å²) in [6.45, 7) is 19.1. The second-order valence-corrected chi connectivity index (χ2v) is 12.1. The van der Waals surface area contributed by atoms with Crippen LogP contribution in [0.25, 0.3) is 0 Å². The van der Waals surface area contributed by atoms with Gasteiger partial charge in [-0.1, -0.05) is 53.2 Å². The van der Waals surface area contributed by atoms with Gasteiger partial charge in [-0.2, -0.15) is 0 Å². The van der Waals surface area contributed by atoms with Crippen LogP contribution in [-0.2, 0) is 14.3 Å². The van der Waals surface area contributed by atoms with Crippen molar-refractivity contribution < 1.29 is 24.2 Å². The molecule has 0 aromatic heterocycles. The van der Waals surface area contributed by atoms with Gasteiger partial charge in [-0.05, 0) is 83.4 Å². The van der Waals surface area contributed by atoms with Crippen LogP contribution in [0.3, 0.4) is 0 Å². The van der Waals surface area contributed by atoms with Crippen molar-refractivity contribution in [3.8, 4) is 5.75 Å². The molecule has 0 heterocycles. The molecule has 0 saturated carbocycles. The van der Waals surface area contributed by atoms with Gasteiger partial charge in [0.05, 0.1) is 0 Å². The third-order valence-corrected chi connectivity index (χ3v) is 6.32. The minimum atomic E-state index is -0.988. The van der Waals surface area contributed by atoms with Gasteiger partial charge in [-0.25, -0.2) is 4.79 Å². The molecule has 8 heteroatoms. The predicted molar refractivity (Wildman–Crippen MR) is 152 cm³/mol. The van der Waals surface area contributed by atoms with Crippen molar-refractivity contribution in [1.29, 1.82) is 0 Å². The molecule has 1 rings (SSSR count). The van der Waals surface area contributed by atoms with Crippen LogP contribution in [0.1, 0.15) is 107 Å². The van der Waals surface area contributed by atoms with Gasteiger partial charge in [0.1, 0.15) is 23.4 Å². The largest absolute Gasteiger partial charge is 0.508 e. The molecule has 1 aromatic carbocycles. The summed E-state index contributed by atoms with van der Waals surface area (Å²) >= 11 is 0.